The number of halogens is 1. The van der Waals surface area contributed by atoms with Crippen LogP contribution >= 0.6 is 0 Å². The monoisotopic (exact) mass is 454 g/mol. The van der Waals surface area contributed by atoms with Gasteiger partial charge in [-0.3, -0.25) is 9.59 Å². The van der Waals surface area contributed by atoms with Crippen LogP contribution in [0.25, 0.3) is 0 Å². The molecule has 0 saturated heterocycles. The maximum atomic E-state index is 14.3. The molecule has 1 saturated carbocycles. The molecule has 0 heterocycles. The number of amides is 2. The number of hydrogen-bond donors (Lipinski definition) is 1. The number of nitrogens with zero attached hydrogens (tertiary/aromatic N) is 1. The Balaban J connectivity index is 1.70. The van der Waals surface area contributed by atoms with Crippen LogP contribution in [0, 0.1) is 5.82 Å². The number of carbonyl (C=O) groups is 2. The van der Waals surface area contributed by atoms with Crippen LogP contribution in [0.3, 0.4) is 0 Å². The van der Waals surface area contributed by atoms with E-state index >= 15 is 0 Å². The zero-order valence-corrected chi connectivity index (χ0v) is 19.9. The Morgan fingerprint density at radius 1 is 1.03 bits per heavy atom. The summed E-state index contributed by atoms with van der Waals surface area (Å²) in [7, 11) is 0. The van der Waals surface area contributed by atoms with Crippen LogP contribution in [0.15, 0.2) is 48.5 Å². The van der Waals surface area contributed by atoms with Gasteiger partial charge in [-0.05, 0) is 49.4 Å². The van der Waals surface area contributed by atoms with Crippen molar-refractivity contribution in [2.24, 2.45) is 0 Å². The molecule has 6 heteroatoms. The summed E-state index contributed by atoms with van der Waals surface area (Å²) in [5.74, 6) is 0.00381. The minimum absolute atomic E-state index is 0.000404. The molecule has 1 fully saturated rings. The summed E-state index contributed by atoms with van der Waals surface area (Å²) >= 11 is 0. The topological polar surface area (TPSA) is 58.6 Å². The van der Waals surface area contributed by atoms with Crippen LogP contribution < -0.4 is 10.1 Å². The Kier molecular flexibility index (Phi) is 8.87. The number of nitrogens with one attached hydrogen (secondary N) is 1. The predicted octanol–water partition coefficient (Wildman–Crippen LogP) is 5.19. The van der Waals surface area contributed by atoms with E-state index in [1.54, 1.807) is 25.1 Å². The first-order valence-electron chi connectivity index (χ1n) is 11.9. The molecule has 1 atom stereocenters. The number of benzene rings is 2. The van der Waals surface area contributed by atoms with Crippen LogP contribution in [0.4, 0.5) is 4.39 Å². The summed E-state index contributed by atoms with van der Waals surface area (Å²) in [6.07, 6.45) is 5.29. The number of rotatable bonds is 9. The zero-order chi connectivity index (χ0) is 23.8. The molecule has 3 rings (SSSR count). The first-order chi connectivity index (χ1) is 15.8. The van der Waals surface area contributed by atoms with Gasteiger partial charge in [0.15, 0.2) is 6.61 Å². The molecule has 178 valence electrons. The molecule has 1 N–H and O–H groups in total. The molecule has 5 nitrogen and oxygen atoms in total. The maximum absolute atomic E-state index is 14.3. The highest BCUT2D eigenvalue weighted by Gasteiger charge is 2.29. The molecule has 2 aromatic carbocycles. The lowest BCUT2D eigenvalue weighted by atomic mass is 9.95. The lowest BCUT2D eigenvalue weighted by Gasteiger charge is -2.31. The van der Waals surface area contributed by atoms with E-state index in [1.165, 1.54) is 23.0 Å². The largest absolute Gasteiger partial charge is 0.484 e. The average Bonchev–Trinajstić information content (AvgIpc) is 2.82. The minimum atomic E-state index is -0.744. The minimum Gasteiger partial charge on any atom is -0.484 e. The van der Waals surface area contributed by atoms with Gasteiger partial charge in [0.1, 0.15) is 17.6 Å². The Morgan fingerprint density at radius 2 is 1.70 bits per heavy atom. The summed E-state index contributed by atoms with van der Waals surface area (Å²) in [4.78, 5) is 27.5. The second kappa shape index (κ2) is 11.8. The maximum Gasteiger partial charge on any atom is 0.261 e. The Morgan fingerprint density at radius 3 is 2.33 bits per heavy atom. The molecule has 0 aromatic heterocycles. The fourth-order valence-electron chi connectivity index (χ4n) is 4.14. The lowest BCUT2D eigenvalue weighted by molar-refractivity contribution is -0.142. The van der Waals surface area contributed by atoms with Crippen molar-refractivity contribution in [3.8, 4) is 5.75 Å². The van der Waals surface area contributed by atoms with Gasteiger partial charge in [0.05, 0.1) is 0 Å². The zero-order valence-electron chi connectivity index (χ0n) is 19.9. The molecular formula is C27H35FN2O3. The molecule has 0 aliphatic heterocycles. The van der Waals surface area contributed by atoms with Crippen LogP contribution in [-0.2, 0) is 16.1 Å². The summed E-state index contributed by atoms with van der Waals surface area (Å²) in [5, 5.41) is 3.08. The van der Waals surface area contributed by atoms with Gasteiger partial charge in [0.2, 0.25) is 5.91 Å². The van der Waals surface area contributed by atoms with E-state index in [2.05, 4.69) is 19.2 Å². The summed E-state index contributed by atoms with van der Waals surface area (Å²) in [6, 6.07) is 13.3. The van der Waals surface area contributed by atoms with Crippen LogP contribution in [0.1, 0.15) is 69.9 Å². The standard InChI is InChI=1S/C27H35FN2O3/c1-19(2)21-13-15-24(16-14-21)33-18-26(31)30(17-22-9-7-8-12-25(22)28)20(3)27(32)29-23-10-5-4-6-11-23/h7-9,12-16,19-20,23H,4-6,10-11,17-18H2,1-3H3,(H,29,32)/t20-/m1/s1. The van der Waals surface area contributed by atoms with Crippen LogP contribution in [-0.4, -0.2) is 35.4 Å². The Hall–Kier alpha value is -2.89. The molecule has 2 amide bonds. The molecule has 2 aromatic rings. The van der Waals surface area contributed by atoms with E-state index in [4.69, 9.17) is 4.74 Å². The quantitative estimate of drug-likeness (QED) is 0.567. The van der Waals surface area contributed by atoms with E-state index < -0.39 is 11.9 Å². The van der Waals surface area contributed by atoms with Crippen LogP contribution in [0.2, 0.25) is 0 Å². The van der Waals surface area contributed by atoms with Gasteiger partial charge in [-0.15, -0.1) is 0 Å². The first-order valence-corrected chi connectivity index (χ1v) is 11.9. The van der Waals surface area contributed by atoms with Crippen molar-refractivity contribution in [2.75, 3.05) is 6.61 Å². The van der Waals surface area contributed by atoms with Crippen molar-refractivity contribution in [3.05, 3.63) is 65.5 Å². The Labute approximate surface area is 196 Å². The van der Waals surface area contributed by atoms with Crippen molar-refractivity contribution >= 4 is 11.8 Å². The highest BCUT2D eigenvalue weighted by molar-refractivity contribution is 5.88. The number of hydrogen-bond acceptors (Lipinski definition) is 3. The molecular weight excluding hydrogens is 419 g/mol. The third kappa shape index (κ3) is 7.04. The molecule has 0 unspecified atom stereocenters. The average molecular weight is 455 g/mol. The normalized spacial score (nSPS) is 15.2. The fourth-order valence-corrected chi connectivity index (χ4v) is 4.14. The van der Waals surface area contributed by atoms with E-state index in [1.807, 2.05) is 24.3 Å². The number of ether oxygens (including phenoxy) is 1. The van der Waals surface area contributed by atoms with E-state index in [9.17, 15) is 14.0 Å². The summed E-state index contributed by atoms with van der Waals surface area (Å²) < 4.78 is 20.0. The van der Waals surface area contributed by atoms with E-state index in [-0.39, 0.29) is 31.0 Å². The molecule has 33 heavy (non-hydrogen) atoms. The van der Waals surface area contributed by atoms with Gasteiger partial charge in [-0.25, -0.2) is 4.39 Å². The van der Waals surface area contributed by atoms with Crippen molar-refractivity contribution < 1.29 is 18.7 Å². The highest BCUT2D eigenvalue weighted by Crippen LogP contribution is 2.20. The Bertz CT molecular complexity index is 923. The fraction of sp³-hybridized carbons (Fsp3) is 0.481. The van der Waals surface area contributed by atoms with E-state index in [0.29, 0.717) is 17.2 Å². The summed E-state index contributed by atoms with van der Waals surface area (Å²) in [6.45, 7) is 5.69. The van der Waals surface area contributed by atoms with Gasteiger partial charge >= 0.3 is 0 Å². The summed E-state index contributed by atoms with van der Waals surface area (Å²) in [5.41, 5.74) is 1.55. The smallest absolute Gasteiger partial charge is 0.261 e. The van der Waals surface area contributed by atoms with Crippen molar-refractivity contribution in [2.45, 2.75) is 77.4 Å². The first kappa shape index (κ1) is 24.7. The van der Waals surface area contributed by atoms with E-state index in [0.717, 1.165) is 25.7 Å². The molecule has 0 spiro atoms. The van der Waals surface area contributed by atoms with Gasteiger partial charge in [-0.1, -0.05) is 63.4 Å². The second-order valence-electron chi connectivity index (χ2n) is 9.14. The second-order valence-corrected chi connectivity index (χ2v) is 9.14. The third-order valence-electron chi connectivity index (χ3n) is 6.33. The molecule has 0 bridgehead atoms. The molecule has 1 aliphatic rings. The van der Waals surface area contributed by atoms with Gasteiger partial charge in [0.25, 0.3) is 5.91 Å². The van der Waals surface area contributed by atoms with Crippen LogP contribution in [0.5, 0.6) is 5.75 Å². The van der Waals surface area contributed by atoms with Crippen molar-refractivity contribution in [1.29, 1.82) is 0 Å². The molecule has 1 aliphatic carbocycles. The van der Waals surface area contributed by atoms with Gasteiger partial charge in [0, 0.05) is 18.2 Å². The highest BCUT2D eigenvalue weighted by atomic mass is 19.1. The third-order valence-corrected chi connectivity index (χ3v) is 6.33. The number of carbonyl (C=O) groups excluding carboxylic acids is 2. The van der Waals surface area contributed by atoms with Crippen molar-refractivity contribution in [1.82, 2.24) is 10.2 Å². The predicted molar refractivity (Wildman–Crippen MR) is 127 cm³/mol. The van der Waals surface area contributed by atoms with Crippen molar-refractivity contribution in [3.63, 3.8) is 0 Å². The van der Waals surface area contributed by atoms with Gasteiger partial charge < -0.3 is 15.0 Å². The SMILES string of the molecule is CC(C)c1ccc(OCC(=O)N(Cc2ccccc2F)[C@H](C)C(=O)NC2CCCCC2)cc1. The van der Waals surface area contributed by atoms with Gasteiger partial charge in [-0.2, -0.15) is 0 Å². The molecule has 0 radical (unpaired) electrons. The lowest BCUT2D eigenvalue weighted by Crippen LogP contribution is -2.51.